The maximum atomic E-state index is 12.0. The highest BCUT2D eigenvalue weighted by Gasteiger charge is 2.62. The van der Waals surface area contributed by atoms with E-state index in [0.717, 1.165) is 0 Å². The third kappa shape index (κ3) is 2.33. The highest BCUT2D eigenvalue weighted by molar-refractivity contribution is 5.87. The summed E-state index contributed by atoms with van der Waals surface area (Å²) in [5.74, 6) is -3.84. The van der Waals surface area contributed by atoms with Crippen LogP contribution < -0.4 is 11.2 Å². The summed E-state index contributed by atoms with van der Waals surface area (Å²) < 4.78 is 4.91. The minimum Gasteiger partial charge on any atom is -0.478 e. The molecule has 0 unspecified atom stereocenters. The largest absolute Gasteiger partial charge is 0.478 e. The number of aromatic amines is 1. The average Bonchev–Trinajstić information content (AvgIpc) is 2.71. The Bertz CT molecular complexity index is 767. The van der Waals surface area contributed by atoms with Gasteiger partial charge in [0, 0.05) is 6.07 Å². The fourth-order valence-corrected chi connectivity index (χ4v) is 2.39. The van der Waals surface area contributed by atoms with Crippen LogP contribution in [-0.2, 0) is 15.3 Å². The quantitative estimate of drug-likeness (QED) is 0.316. The molecule has 0 spiro atoms. The Morgan fingerprint density at radius 1 is 1.30 bits per heavy atom. The topological polar surface area (TPSA) is 199 Å². The summed E-state index contributed by atoms with van der Waals surface area (Å²) in [7, 11) is 0. The number of carboxylic acids is 2. The van der Waals surface area contributed by atoms with Gasteiger partial charge in [-0.1, -0.05) is 0 Å². The van der Waals surface area contributed by atoms with E-state index in [9.17, 15) is 34.5 Å². The first-order chi connectivity index (χ1) is 10.7. The number of ether oxygens (including phenoxy) is 1. The van der Waals surface area contributed by atoms with Crippen molar-refractivity contribution in [3.63, 3.8) is 0 Å². The van der Waals surface area contributed by atoms with E-state index >= 15 is 0 Å². The van der Waals surface area contributed by atoms with E-state index in [1.54, 1.807) is 4.98 Å². The summed E-state index contributed by atoms with van der Waals surface area (Å²) in [6, 6.07) is 0.420. The standard InChI is InChI=1S/C11H12N2O10/c14-2-4-6(16)7(17)11(23-4,9(20)21)13-3(8(18)19)1-5(15)12-10(13)22/h1,4,6-7,14,16-17H,2H2,(H,18,19)(H,20,21)(H,12,15,22)/t4-,6-,7-,11+/m1/s1. The van der Waals surface area contributed by atoms with Gasteiger partial charge in [-0.2, -0.15) is 0 Å². The number of carboxylic acid groups (broad SMARTS) is 2. The second-order valence-electron chi connectivity index (χ2n) is 4.74. The molecule has 1 aliphatic heterocycles. The van der Waals surface area contributed by atoms with Gasteiger partial charge in [0.15, 0.2) is 0 Å². The van der Waals surface area contributed by atoms with Crippen LogP contribution in [0, 0.1) is 0 Å². The van der Waals surface area contributed by atoms with Crippen LogP contribution in [0.25, 0.3) is 0 Å². The molecule has 1 aromatic heterocycles. The smallest absolute Gasteiger partial charge is 0.361 e. The number of carbonyl (C=O) groups is 2. The first kappa shape index (κ1) is 16.8. The zero-order valence-corrected chi connectivity index (χ0v) is 11.2. The molecule has 0 aromatic carbocycles. The van der Waals surface area contributed by atoms with Gasteiger partial charge in [0.05, 0.1) is 6.61 Å². The Morgan fingerprint density at radius 3 is 2.35 bits per heavy atom. The Morgan fingerprint density at radius 2 is 1.91 bits per heavy atom. The fraction of sp³-hybridized carbons (Fsp3) is 0.455. The van der Waals surface area contributed by atoms with Crippen molar-refractivity contribution in [3.8, 4) is 0 Å². The minimum atomic E-state index is -3.04. The highest BCUT2D eigenvalue weighted by Crippen LogP contribution is 2.35. The molecule has 12 nitrogen and oxygen atoms in total. The lowest BCUT2D eigenvalue weighted by Crippen LogP contribution is -2.58. The molecule has 2 heterocycles. The summed E-state index contributed by atoms with van der Waals surface area (Å²) in [4.78, 5) is 47.7. The van der Waals surface area contributed by atoms with Crippen molar-refractivity contribution in [2.45, 2.75) is 24.0 Å². The van der Waals surface area contributed by atoms with E-state index in [1.807, 2.05) is 0 Å². The number of aromatic nitrogens is 2. The number of aliphatic hydroxyl groups is 3. The first-order valence-electron chi connectivity index (χ1n) is 6.15. The molecule has 23 heavy (non-hydrogen) atoms. The maximum absolute atomic E-state index is 12.0. The number of rotatable bonds is 4. The van der Waals surface area contributed by atoms with Gasteiger partial charge >= 0.3 is 17.6 Å². The number of aliphatic carboxylic acids is 1. The summed E-state index contributed by atoms with van der Waals surface area (Å²) in [6.07, 6.45) is -5.81. The number of nitrogens with zero attached hydrogens (tertiary/aromatic N) is 1. The van der Waals surface area contributed by atoms with Crippen LogP contribution in [0.3, 0.4) is 0 Å². The van der Waals surface area contributed by atoms with Crippen molar-refractivity contribution < 1.29 is 39.9 Å². The summed E-state index contributed by atoms with van der Waals surface area (Å²) in [5.41, 5.74) is -6.72. The fourth-order valence-electron chi connectivity index (χ4n) is 2.39. The lowest BCUT2D eigenvalue weighted by molar-refractivity contribution is -0.196. The van der Waals surface area contributed by atoms with Gasteiger partial charge in [-0.05, 0) is 0 Å². The lowest BCUT2D eigenvalue weighted by atomic mass is 10.0. The molecule has 4 atom stereocenters. The van der Waals surface area contributed by atoms with Crippen LogP contribution in [-0.4, -0.2) is 71.9 Å². The Kier molecular flexibility index (Phi) is 4.08. The molecule has 2 rings (SSSR count). The highest BCUT2D eigenvalue weighted by atomic mass is 16.6. The zero-order valence-electron chi connectivity index (χ0n) is 11.2. The van der Waals surface area contributed by atoms with Crippen LogP contribution in [0.4, 0.5) is 0 Å². The van der Waals surface area contributed by atoms with Gasteiger partial charge in [0.1, 0.15) is 24.0 Å². The van der Waals surface area contributed by atoms with Gasteiger partial charge in [-0.25, -0.2) is 19.0 Å². The van der Waals surface area contributed by atoms with Crippen molar-refractivity contribution in [2.24, 2.45) is 0 Å². The molecule has 0 saturated carbocycles. The summed E-state index contributed by atoms with van der Waals surface area (Å²) in [6.45, 7) is -0.909. The molecule has 6 N–H and O–H groups in total. The van der Waals surface area contributed by atoms with E-state index in [-0.39, 0.29) is 4.57 Å². The van der Waals surface area contributed by atoms with Crippen LogP contribution in [0.1, 0.15) is 10.5 Å². The van der Waals surface area contributed by atoms with Crippen molar-refractivity contribution in [1.82, 2.24) is 9.55 Å². The molecule has 0 aliphatic carbocycles. The van der Waals surface area contributed by atoms with Gasteiger partial charge in [-0.3, -0.25) is 9.78 Å². The van der Waals surface area contributed by atoms with Crippen molar-refractivity contribution in [1.29, 1.82) is 0 Å². The molecule has 0 radical (unpaired) electrons. The zero-order chi connectivity index (χ0) is 17.5. The molecule has 0 amide bonds. The third-order valence-corrected chi connectivity index (χ3v) is 3.42. The van der Waals surface area contributed by atoms with Gasteiger partial charge in [-0.15, -0.1) is 0 Å². The van der Waals surface area contributed by atoms with Gasteiger partial charge in [0.25, 0.3) is 11.3 Å². The Balaban J connectivity index is 2.85. The number of aromatic carboxylic acids is 1. The molecule has 0 bridgehead atoms. The Hall–Kier alpha value is -2.54. The first-order valence-corrected chi connectivity index (χ1v) is 6.15. The van der Waals surface area contributed by atoms with Gasteiger partial charge in [0.2, 0.25) is 0 Å². The van der Waals surface area contributed by atoms with Crippen LogP contribution >= 0.6 is 0 Å². The molecule has 1 saturated heterocycles. The molecular formula is C11H12N2O10. The number of hydrogen-bond donors (Lipinski definition) is 6. The average molecular weight is 332 g/mol. The SMILES string of the molecule is O=C(O)c1cc(=O)[nH]c(=O)n1[C@]1(C(=O)O)O[C@H](CO)[C@@H](O)[C@H]1O. The van der Waals surface area contributed by atoms with Crippen molar-refractivity contribution >= 4 is 11.9 Å². The number of nitrogens with one attached hydrogen (secondary N) is 1. The normalized spacial score (nSPS) is 30.3. The monoisotopic (exact) mass is 332 g/mol. The van der Waals surface area contributed by atoms with Crippen LogP contribution in [0.2, 0.25) is 0 Å². The van der Waals surface area contributed by atoms with Crippen LogP contribution in [0.5, 0.6) is 0 Å². The number of H-pyrrole nitrogens is 1. The third-order valence-electron chi connectivity index (χ3n) is 3.42. The number of aliphatic hydroxyl groups excluding tert-OH is 3. The molecule has 126 valence electrons. The summed E-state index contributed by atoms with van der Waals surface area (Å²) in [5, 5.41) is 47.3. The Labute approximate surface area is 125 Å². The van der Waals surface area contributed by atoms with Gasteiger partial charge < -0.3 is 30.3 Å². The van der Waals surface area contributed by atoms with E-state index < -0.39 is 59.5 Å². The molecule has 12 heteroatoms. The lowest BCUT2D eigenvalue weighted by Gasteiger charge is -2.30. The van der Waals surface area contributed by atoms with Crippen molar-refractivity contribution in [2.75, 3.05) is 6.61 Å². The van der Waals surface area contributed by atoms with E-state index in [2.05, 4.69) is 0 Å². The molecule has 1 aliphatic rings. The predicted octanol–water partition coefficient (Wildman–Crippen LogP) is -3.91. The van der Waals surface area contributed by atoms with E-state index in [0.29, 0.717) is 6.07 Å². The summed E-state index contributed by atoms with van der Waals surface area (Å²) >= 11 is 0. The second kappa shape index (κ2) is 5.58. The molecular weight excluding hydrogens is 320 g/mol. The van der Waals surface area contributed by atoms with Crippen molar-refractivity contribution in [3.05, 3.63) is 32.6 Å². The predicted molar refractivity (Wildman–Crippen MR) is 67.9 cm³/mol. The minimum absolute atomic E-state index is 0.00259. The van der Waals surface area contributed by atoms with Crippen LogP contribution in [0.15, 0.2) is 15.7 Å². The second-order valence-corrected chi connectivity index (χ2v) is 4.74. The van der Waals surface area contributed by atoms with E-state index in [4.69, 9.17) is 14.9 Å². The number of hydrogen-bond acceptors (Lipinski definition) is 8. The van der Waals surface area contributed by atoms with E-state index in [1.165, 1.54) is 0 Å². The molecule has 1 fully saturated rings. The molecule has 1 aromatic rings. The maximum Gasteiger partial charge on any atom is 0.361 e.